The molecule has 1 saturated carbocycles. The SMILES string of the molecule is O=C(O)C1CC12CCN(C(=O)c1ccccc1Cl)CC2. The van der Waals surface area contributed by atoms with Crippen molar-refractivity contribution < 1.29 is 14.7 Å². The van der Waals surface area contributed by atoms with Crippen molar-refractivity contribution in [2.75, 3.05) is 13.1 Å². The maximum atomic E-state index is 12.4. The Balaban J connectivity index is 1.66. The summed E-state index contributed by atoms with van der Waals surface area (Å²) in [4.78, 5) is 25.2. The third-order valence-corrected chi connectivity index (χ3v) is 4.97. The van der Waals surface area contributed by atoms with Crippen molar-refractivity contribution in [2.45, 2.75) is 19.3 Å². The van der Waals surface area contributed by atoms with Gasteiger partial charge in [0.05, 0.1) is 16.5 Å². The van der Waals surface area contributed by atoms with Crippen LogP contribution in [0.5, 0.6) is 0 Å². The number of halogens is 1. The standard InChI is InChI=1S/C15H16ClNO3/c16-12-4-2-1-3-10(12)13(18)17-7-5-15(6-8-17)9-11(15)14(19)20/h1-4,11H,5-9H2,(H,19,20). The van der Waals surface area contributed by atoms with Crippen molar-refractivity contribution in [3.8, 4) is 0 Å². The number of rotatable bonds is 2. The fraction of sp³-hybridized carbons (Fsp3) is 0.467. The highest BCUT2D eigenvalue weighted by Crippen LogP contribution is 2.59. The largest absolute Gasteiger partial charge is 0.481 e. The Morgan fingerprint density at radius 3 is 2.45 bits per heavy atom. The predicted molar refractivity (Wildman–Crippen MR) is 74.8 cm³/mol. The van der Waals surface area contributed by atoms with E-state index in [2.05, 4.69) is 0 Å². The van der Waals surface area contributed by atoms with Gasteiger partial charge in [-0.2, -0.15) is 0 Å². The van der Waals surface area contributed by atoms with Crippen molar-refractivity contribution in [2.24, 2.45) is 11.3 Å². The fourth-order valence-corrected chi connectivity index (χ4v) is 3.43. The van der Waals surface area contributed by atoms with Gasteiger partial charge >= 0.3 is 5.97 Å². The summed E-state index contributed by atoms with van der Waals surface area (Å²) in [6.45, 7) is 1.24. The van der Waals surface area contributed by atoms with Crippen molar-refractivity contribution in [3.63, 3.8) is 0 Å². The Kier molecular flexibility index (Phi) is 3.21. The molecule has 2 fully saturated rings. The molecule has 0 bridgehead atoms. The zero-order chi connectivity index (χ0) is 14.3. The summed E-state index contributed by atoms with van der Waals surface area (Å²) in [6.07, 6.45) is 2.32. The number of hydrogen-bond acceptors (Lipinski definition) is 2. The Morgan fingerprint density at radius 2 is 1.90 bits per heavy atom. The number of carbonyl (C=O) groups is 2. The van der Waals surface area contributed by atoms with Gasteiger partial charge in [0.2, 0.25) is 0 Å². The van der Waals surface area contributed by atoms with Gasteiger partial charge in [0.15, 0.2) is 0 Å². The third kappa shape index (κ3) is 2.18. The molecule has 1 amide bonds. The number of nitrogens with zero attached hydrogens (tertiary/aromatic N) is 1. The molecule has 1 unspecified atom stereocenters. The number of amides is 1. The number of carbonyl (C=O) groups excluding carboxylic acids is 1. The fourth-order valence-electron chi connectivity index (χ4n) is 3.21. The first-order valence-corrected chi connectivity index (χ1v) is 7.18. The predicted octanol–water partition coefficient (Wildman–Crippen LogP) is 2.67. The van der Waals surface area contributed by atoms with E-state index in [1.807, 2.05) is 0 Å². The Hall–Kier alpha value is -1.55. The summed E-state index contributed by atoms with van der Waals surface area (Å²) in [5, 5.41) is 9.53. The highest BCUT2D eigenvalue weighted by Gasteiger charge is 2.59. The summed E-state index contributed by atoms with van der Waals surface area (Å²) in [7, 11) is 0. The van der Waals surface area contributed by atoms with E-state index < -0.39 is 5.97 Å². The topological polar surface area (TPSA) is 57.6 Å². The highest BCUT2D eigenvalue weighted by molar-refractivity contribution is 6.33. The van der Waals surface area contributed by atoms with Crippen LogP contribution in [0, 0.1) is 11.3 Å². The molecule has 4 nitrogen and oxygen atoms in total. The quantitative estimate of drug-likeness (QED) is 0.912. The van der Waals surface area contributed by atoms with Crippen LogP contribution in [0.1, 0.15) is 29.6 Å². The Labute approximate surface area is 122 Å². The molecule has 1 aliphatic heterocycles. The van der Waals surface area contributed by atoms with Crippen molar-refractivity contribution in [1.82, 2.24) is 4.90 Å². The zero-order valence-corrected chi connectivity index (χ0v) is 11.8. The van der Waals surface area contributed by atoms with Crippen molar-refractivity contribution in [3.05, 3.63) is 34.9 Å². The maximum absolute atomic E-state index is 12.4. The highest BCUT2D eigenvalue weighted by atomic mass is 35.5. The van der Waals surface area contributed by atoms with Gasteiger partial charge in [-0.05, 0) is 36.8 Å². The van der Waals surface area contributed by atoms with E-state index in [-0.39, 0.29) is 17.2 Å². The second-order valence-electron chi connectivity index (χ2n) is 5.73. The van der Waals surface area contributed by atoms with Crippen LogP contribution in [0.3, 0.4) is 0 Å². The van der Waals surface area contributed by atoms with Crippen LogP contribution < -0.4 is 0 Å². The minimum atomic E-state index is -0.698. The first kappa shape index (κ1) is 13.4. The van der Waals surface area contributed by atoms with Crippen LogP contribution in [0.2, 0.25) is 5.02 Å². The maximum Gasteiger partial charge on any atom is 0.307 e. The number of likely N-dealkylation sites (tertiary alicyclic amines) is 1. The number of carboxylic acid groups (broad SMARTS) is 1. The molecule has 5 heteroatoms. The normalized spacial score (nSPS) is 23.6. The molecule has 1 aliphatic carbocycles. The smallest absolute Gasteiger partial charge is 0.307 e. The molecule has 1 atom stereocenters. The van der Waals surface area contributed by atoms with E-state index in [4.69, 9.17) is 16.7 Å². The minimum absolute atomic E-state index is 0.0525. The number of carboxylic acids is 1. The summed E-state index contributed by atoms with van der Waals surface area (Å²) >= 11 is 6.05. The van der Waals surface area contributed by atoms with Gasteiger partial charge in [-0.3, -0.25) is 9.59 Å². The average molecular weight is 294 g/mol. The van der Waals surface area contributed by atoms with Gasteiger partial charge in [0.25, 0.3) is 5.91 Å². The van der Waals surface area contributed by atoms with Crippen LogP contribution in [0.15, 0.2) is 24.3 Å². The molecule has 2 aliphatic rings. The van der Waals surface area contributed by atoms with Gasteiger partial charge in [0.1, 0.15) is 0 Å². The van der Waals surface area contributed by atoms with E-state index >= 15 is 0 Å². The molecule has 1 heterocycles. The number of piperidine rings is 1. The van der Waals surface area contributed by atoms with Gasteiger partial charge < -0.3 is 10.0 Å². The number of hydrogen-bond donors (Lipinski definition) is 1. The number of benzene rings is 1. The van der Waals surface area contributed by atoms with Crippen LogP contribution >= 0.6 is 11.6 Å². The molecule has 1 saturated heterocycles. The van der Waals surface area contributed by atoms with Crippen LogP contribution in [0.4, 0.5) is 0 Å². The van der Waals surface area contributed by atoms with E-state index in [9.17, 15) is 9.59 Å². The van der Waals surface area contributed by atoms with Crippen LogP contribution in [0.25, 0.3) is 0 Å². The summed E-state index contributed by atoms with van der Waals surface area (Å²) in [5.41, 5.74) is 0.471. The minimum Gasteiger partial charge on any atom is -0.481 e. The zero-order valence-electron chi connectivity index (χ0n) is 11.0. The molecule has 1 aromatic carbocycles. The lowest BCUT2D eigenvalue weighted by atomic mass is 9.90. The second kappa shape index (κ2) is 4.77. The molecule has 1 spiro atoms. The first-order valence-electron chi connectivity index (χ1n) is 6.80. The Bertz CT molecular complexity index is 564. The Morgan fingerprint density at radius 1 is 1.25 bits per heavy atom. The molecule has 0 radical (unpaired) electrons. The lowest BCUT2D eigenvalue weighted by Gasteiger charge is -2.32. The summed E-state index contributed by atoms with van der Waals surface area (Å²) in [5.74, 6) is -0.964. The second-order valence-corrected chi connectivity index (χ2v) is 6.14. The van der Waals surface area contributed by atoms with Crippen molar-refractivity contribution >= 4 is 23.5 Å². The van der Waals surface area contributed by atoms with E-state index in [0.29, 0.717) is 23.7 Å². The molecule has 0 aromatic heterocycles. The molecular formula is C15H16ClNO3. The third-order valence-electron chi connectivity index (χ3n) is 4.64. The molecule has 1 N–H and O–H groups in total. The monoisotopic (exact) mass is 293 g/mol. The molecule has 1 aromatic rings. The van der Waals surface area contributed by atoms with Gasteiger partial charge in [0, 0.05) is 13.1 Å². The van der Waals surface area contributed by atoms with Gasteiger partial charge in [-0.25, -0.2) is 0 Å². The molecular weight excluding hydrogens is 278 g/mol. The average Bonchev–Trinajstić information content (AvgIpc) is 3.14. The van der Waals surface area contributed by atoms with Crippen LogP contribution in [-0.4, -0.2) is 35.0 Å². The molecule has 20 heavy (non-hydrogen) atoms. The van der Waals surface area contributed by atoms with Crippen LogP contribution in [-0.2, 0) is 4.79 Å². The summed E-state index contributed by atoms with van der Waals surface area (Å²) in [6, 6.07) is 7.03. The van der Waals surface area contributed by atoms with E-state index in [1.54, 1.807) is 29.2 Å². The number of aliphatic carboxylic acids is 1. The summed E-state index contributed by atoms with van der Waals surface area (Å²) < 4.78 is 0. The van der Waals surface area contributed by atoms with Crippen molar-refractivity contribution in [1.29, 1.82) is 0 Å². The first-order chi connectivity index (χ1) is 9.53. The molecule has 106 valence electrons. The van der Waals surface area contributed by atoms with Gasteiger partial charge in [-0.1, -0.05) is 23.7 Å². The lowest BCUT2D eigenvalue weighted by Crippen LogP contribution is -2.40. The van der Waals surface area contributed by atoms with E-state index in [1.165, 1.54) is 0 Å². The van der Waals surface area contributed by atoms with E-state index in [0.717, 1.165) is 19.3 Å². The lowest BCUT2D eigenvalue weighted by molar-refractivity contribution is -0.139. The van der Waals surface area contributed by atoms with Gasteiger partial charge in [-0.15, -0.1) is 0 Å². The molecule has 3 rings (SSSR count).